The topological polar surface area (TPSA) is 79.2 Å². The van der Waals surface area contributed by atoms with Gasteiger partial charge in [-0.2, -0.15) is 5.10 Å². The Morgan fingerprint density at radius 1 is 1.36 bits per heavy atom. The zero-order chi connectivity index (χ0) is 15.7. The predicted molar refractivity (Wildman–Crippen MR) is 83.7 cm³/mol. The Balaban J connectivity index is 1.71. The van der Waals surface area contributed by atoms with Gasteiger partial charge in [0.25, 0.3) is 0 Å². The molecule has 0 spiro atoms. The van der Waals surface area contributed by atoms with Gasteiger partial charge in [0.1, 0.15) is 5.82 Å². The average Bonchev–Trinajstić information content (AvgIpc) is 3.04. The number of carbonyl (C=O) groups excluding carboxylic acids is 1. The number of fused-ring (bicyclic) bond motifs is 1. The molecular weight excluding hydrogens is 280 g/mol. The van der Waals surface area contributed by atoms with Gasteiger partial charge in [0, 0.05) is 18.5 Å². The van der Waals surface area contributed by atoms with E-state index in [1.807, 2.05) is 38.1 Å². The summed E-state index contributed by atoms with van der Waals surface area (Å²) < 4.78 is 1.73. The Hall–Kier alpha value is -2.34. The fraction of sp³-hybridized carbons (Fsp3) is 0.375. The van der Waals surface area contributed by atoms with Crippen molar-refractivity contribution in [3.05, 3.63) is 47.7 Å². The van der Waals surface area contributed by atoms with Gasteiger partial charge in [-0.3, -0.25) is 5.32 Å². The van der Waals surface area contributed by atoms with Crippen molar-refractivity contribution in [2.75, 3.05) is 5.32 Å². The number of hydrogen-bond acceptors (Lipinski definition) is 3. The lowest BCUT2D eigenvalue weighted by molar-refractivity contribution is 0.144. The third-order valence-electron chi connectivity index (χ3n) is 3.89. The van der Waals surface area contributed by atoms with E-state index in [4.69, 9.17) is 0 Å². The second-order valence-corrected chi connectivity index (χ2v) is 5.80. The van der Waals surface area contributed by atoms with E-state index in [0.29, 0.717) is 12.2 Å². The number of aromatic nitrogens is 2. The molecule has 2 atom stereocenters. The summed E-state index contributed by atoms with van der Waals surface area (Å²) in [6.07, 6.45) is 1.61. The molecule has 6 heteroatoms. The Morgan fingerprint density at radius 3 is 2.91 bits per heavy atom. The Bertz CT molecular complexity index is 680. The van der Waals surface area contributed by atoms with E-state index < -0.39 is 6.10 Å². The fourth-order valence-corrected chi connectivity index (χ4v) is 2.87. The number of carbonyl (C=O) groups is 1. The number of nitrogens with zero attached hydrogens (tertiary/aromatic N) is 2. The van der Waals surface area contributed by atoms with Gasteiger partial charge in [0.15, 0.2) is 0 Å². The minimum absolute atomic E-state index is 0.156. The van der Waals surface area contributed by atoms with Gasteiger partial charge in [0.05, 0.1) is 18.3 Å². The summed E-state index contributed by atoms with van der Waals surface area (Å²) in [6.45, 7) is 3.99. The largest absolute Gasteiger partial charge is 0.390 e. The molecule has 3 rings (SSSR count). The molecule has 1 heterocycles. The molecule has 0 saturated heterocycles. The van der Waals surface area contributed by atoms with Crippen LogP contribution >= 0.6 is 0 Å². The lowest BCUT2D eigenvalue weighted by Gasteiger charge is -2.19. The maximum atomic E-state index is 12.2. The predicted octanol–water partition coefficient (Wildman–Crippen LogP) is 2.24. The molecule has 0 unspecified atom stereocenters. The number of aliphatic hydroxyl groups excluding tert-OH is 1. The van der Waals surface area contributed by atoms with Crippen LogP contribution in [0.1, 0.15) is 37.1 Å². The van der Waals surface area contributed by atoms with Crippen molar-refractivity contribution in [2.24, 2.45) is 0 Å². The number of aliphatic hydroxyl groups is 1. The molecule has 22 heavy (non-hydrogen) atoms. The first-order chi connectivity index (χ1) is 10.6. The van der Waals surface area contributed by atoms with Crippen LogP contribution in [0.5, 0.6) is 0 Å². The SMILES string of the molecule is CC(C)n1nccc1NC(=O)N[C@@H]1c2ccccc2C[C@@H]1O. The standard InChI is InChI=1S/C16H20N4O2/c1-10(2)20-14(7-8-17-20)18-16(22)19-15-12-6-4-3-5-11(12)9-13(15)21/h3-8,10,13,15,21H,9H2,1-2H3,(H2,18,19,22)/t13-,15+/m0/s1. The third-order valence-corrected chi connectivity index (χ3v) is 3.89. The van der Waals surface area contributed by atoms with Crippen LogP contribution in [0, 0.1) is 0 Å². The van der Waals surface area contributed by atoms with Crippen LogP contribution in [0.15, 0.2) is 36.5 Å². The molecule has 1 aromatic carbocycles. The minimum Gasteiger partial charge on any atom is -0.390 e. The van der Waals surface area contributed by atoms with Crippen LogP contribution < -0.4 is 10.6 Å². The molecule has 0 aliphatic heterocycles. The van der Waals surface area contributed by atoms with E-state index in [1.165, 1.54) is 0 Å². The molecule has 1 aromatic heterocycles. The van der Waals surface area contributed by atoms with Crippen LogP contribution in [0.2, 0.25) is 0 Å². The summed E-state index contributed by atoms with van der Waals surface area (Å²) in [5, 5.41) is 20.0. The van der Waals surface area contributed by atoms with E-state index in [-0.39, 0.29) is 18.1 Å². The fourth-order valence-electron chi connectivity index (χ4n) is 2.87. The van der Waals surface area contributed by atoms with Gasteiger partial charge < -0.3 is 10.4 Å². The second kappa shape index (κ2) is 5.81. The highest BCUT2D eigenvalue weighted by Gasteiger charge is 2.31. The van der Waals surface area contributed by atoms with Gasteiger partial charge in [-0.25, -0.2) is 9.48 Å². The maximum Gasteiger partial charge on any atom is 0.320 e. The van der Waals surface area contributed by atoms with Crippen molar-refractivity contribution in [3.63, 3.8) is 0 Å². The van der Waals surface area contributed by atoms with E-state index in [1.54, 1.807) is 16.9 Å². The number of amides is 2. The number of urea groups is 1. The van der Waals surface area contributed by atoms with Gasteiger partial charge >= 0.3 is 6.03 Å². The zero-order valence-electron chi connectivity index (χ0n) is 12.7. The number of hydrogen-bond donors (Lipinski definition) is 3. The second-order valence-electron chi connectivity index (χ2n) is 5.80. The summed E-state index contributed by atoms with van der Waals surface area (Å²) in [7, 11) is 0. The molecule has 0 radical (unpaired) electrons. The molecule has 2 aromatic rings. The molecule has 1 aliphatic rings. The van der Waals surface area contributed by atoms with Gasteiger partial charge in [-0.1, -0.05) is 24.3 Å². The molecule has 6 nitrogen and oxygen atoms in total. The van der Waals surface area contributed by atoms with E-state index in [9.17, 15) is 9.90 Å². The zero-order valence-corrected chi connectivity index (χ0v) is 12.7. The smallest absolute Gasteiger partial charge is 0.320 e. The van der Waals surface area contributed by atoms with Crippen molar-refractivity contribution < 1.29 is 9.90 Å². The summed E-state index contributed by atoms with van der Waals surface area (Å²) in [5.74, 6) is 0.633. The Labute approximate surface area is 129 Å². The van der Waals surface area contributed by atoms with Crippen LogP contribution in [-0.2, 0) is 6.42 Å². The molecule has 0 fully saturated rings. The number of anilines is 1. The minimum atomic E-state index is -0.599. The van der Waals surface area contributed by atoms with Crippen molar-refractivity contribution >= 4 is 11.8 Å². The van der Waals surface area contributed by atoms with Gasteiger partial charge in [0.2, 0.25) is 0 Å². The molecule has 1 aliphatic carbocycles. The monoisotopic (exact) mass is 300 g/mol. The summed E-state index contributed by atoms with van der Waals surface area (Å²) in [6, 6.07) is 8.95. The highest BCUT2D eigenvalue weighted by atomic mass is 16.3. The molecule has 0 bridgehead atoms. The van der Waals surface area contributed by atoms with Gasteiger partial charge in [-0.15, -0.1) is 0 Å². The van der Waals surface area contributed by atoms with E-state index >= 15 is 0 Å². The highest BCUT2D eigenvalue weighted by molar-refractivity contribution is 5.88. The average molecular weight is 300 g/mol. The number of nitrogens with one attached hydrogen (secondary N) is 2. The molecule has 0 saturated carbocycles. The lowest BCUT2D eigenvalue weighted by Crippen LogP contribution is -2.37. The van der Waals surface area contributed by atoms with Crippen molar-refractivity contribution in [1.82, 2.24) is 15.1 Å². The first-order valence-electron chi connectivity index (χ1n) is 7.43. The number of rotatable bonds is 3. The van der Waals surface area contributed by atoms with E-state index in [0.717, 1.165) is 11.1 Å². The first-order valence-corrected chi connectivity index (χ1v) is 7.43. The van der Waals surface area contributed by atoms with Crippen molar-refractivity contribution in [3.8, 4) is 0 Å². The molecule has 3 N–H and O–H groups in total. The summed E-state index contributed by atoms with van der Waals surface area (Å²) >= 11 is 0. The highest BCUT2D eigenvalue weighted by Crippen LogP contribution is 2.31. The Morgan fingerprint density at radius 2 is 2.14 bits per heavy atom. The normalized spacial score (nSPS) is 20.0. The van der Waals surface area contributed by atoms with Crippen LogP contribution in [-0.4, -0.2) is 27.0 Å². The van der Waals surface area contributed by atoms with Crippen molar-refractivity contribution in [2.45, 2.75) is 38.5 Å². The van der Waals surface area contributed by atoms with Gasteiger partial charge in [-0.05, 0) is 25.0 Å². The quantitative estimate of drug-likeness (QED) is 0.813. The maximum absolute atomic E-state index is 12.2. The third kappa shape index (κ3) is 2.69. The summed E-state index contributed by atoms with van der Waals surface area (Å²) in [5.41, 5.74) is 2.05. The molecule has 116 valence electrons. The molecule has 2 amide bonds. The lowest BCUT2D eigenvalue weighted by atomic mass is 10.1. The Kier molecular flexibility index (Phi) is 3.85. The van der Waals surface area contributed by atoms with Crippen LogP contribution in [0.25, 0.3) is 0 Å². The summed E-state index contributed by atoms with van der Waals surface area (Å²) in [4.78, 5) is 12.2. The molecular formula is C16H20N4O2. The first kappa shape index (κ1) is 14.6. The van der Waals surface area contributed by atoms with Crippen LogP contribution in [0.4, 0.5) is 10.6 Å². The van der Waals surface area contributed by atoms with E-state index in [2.05, 4.69) is 15.7 Å². The van der Waals surface area contributed by atoms with Crippen LogP contribution in [0.3, 0.4) is 0 Å². The van der Waals surface area contributed by atoms with Crippen molar-refractivity contribution in [1.29, 1.82) is 0 Å². The number of benzene rings is 1.